The summed E-state index contributed by atoms with van der Waals surface area (Å²) in [6.45, 7) is 2.51. The highest BCUT2D eigenvalue weighted by Gasteiger charge is 2.25. The molecule has 0 saturated heterocycles. The Hall–Kier alpha value is -2.34. The van der Waals surface area contributed by atoms with Gasteiger partial charge in [-0.2, -0.15) is 0 Å². The molecule has 0 atom stereocenters. The maximum atomic E-state index is 12.8. The maximum absolute atomic E-state index is 12.8. The van der Waals surface area contributed by atoms with E-state index in [0.717, 1.165) is 29.8 Å². The van der Waals surface area contributed by atoms with E-state index in [9.17, 15) is 9.59 Å². The molecule has 1 aliphatic carbocycles. The zero-order valence-corrected chi connectivity index (χ0v) is 18.4. The lowest BCUT2D eigenvalue weighted by Gasteiger charge is -2.35. The molecule has 1 fully saturated rings. The van der Waals surface area contributed by atoms with Gasteiger partial charge >= 0.3 is 0 Å². The van der Waals surface area contributed by atoms with Gasteiger partial charge in [0.1, 0.15) is 0 Å². The minimum Gasteiger partial charge on any atom is -0.377 e. The zero-order chi connectivity index (χ0) is 20.8. The molecule has 0 aliphatic heterocycles. The number of hydrogen-bond acceptors (Lipinski definition) is 4. The molecular weight excluding hydrogens is 382 g/mol. The fraction of sp³-hybridized carbons (Fsp3) is 0.478. The van der Waals surface area contributed by atoms with Crippen molar-refractivity contribution in [3.63, 3.8) is 0 Å². The van der Waals surface area contributed by atoms with Crippen molar-refractivity contribution in [2.75, 3.05) is 24.3 Å². The molecule has 1 aliphatic rings. The SMILES string of the molecule is CCC(=O)N(Cc1cc(NC(=O)c2cccs2)ccc1N(C)C)C1CCCCC1. The lowest BCUT2D eigenvalue weighted by atomic mass is 9.93. The van der Waals surface area contributed by atoms with Gasteiger partial charge in [-0.3, -0.25) is 9.59 Å². The topological polar surface area (TPSA) is 52.7 Å². The number of anilines is 2. The molecule has 1 heterocycles. The molecule has 6 heteroatoms. The number of thiophene rings is 1. The average Bonchev–Trinajstić information content (AvgIpc) is 3.27. The predicted molar refractivity (Wildman–Crippen MR) is 121 cm³/mol. The Balaban J connectivity index is 1.85. The number of nitrogens with zero attached hydrogens (tertiary/aromatic N) is 2. The predicted octanol–water partition coefficient (Wildman–Crippen LogP) is 5.14. The van der Waals surface area contributed by atoms with Crippen molar-refractivity contribution >= 4 is 34.5 Å². The van der Waals surface area contributed by atoms with Gasteiger partial charge < -0.3 is 15.1 Å². The van der Waals surface area contributed by atoms with E-state index in [2.05, 4.69) is 15.1 Å². The van der Waals surface area contributed by atoms with E-state index >= 15 is 0 Å². The number of carbonyl (C=O) groups excluding carboxylic acids is 2. The van der Waals surface area contributed by atoms with Crippen LogP contribution < -0.4 is 10.2 Å². The van der Waals surface area contributed by atoms with Gasteiger partial charge in [0, 0.05) is 44.5 Å². The van der Waals surface area contributed by atoms with Crippen LogP contribution in [0.2, 0.25) is 0 Å². The maximum Gasteiger partial charge on any atom is 0.265 e. The molecular formula is C23H31N3O2S. The van der Waals surface area contributed by atoms with E-state index in [1.165, 1.54) is 30.6 Å². The van der Waals surface area contributed by atoms with Crippen molar-refractivity contribution in [3.05, 3.63) is 46.2 Å². The molecule has 0 spiro atoms. The van der Waals surface area contributed by atoms with Crippen molar-refractivity contribution in [3.8, 4) is 0 Å². The van der Waals surface area contributed by atoms with Crippen LogP contribution in [0.1, 0.15) is 60.7 Å². The van der Waals surface area contributed by atoms with Crippen LogP contribution in [-0.4, -0.2) is 36.9 Å². The van der Waals surface area contributed by atoms with Gasteiger partial charge in [0.25, 0.3) is 5.91 Å². The summed E-state index contributed by atoms with van der Waals surface area (Å²) in [5.74, 6) is 0.104. The summed E-state index contributed by atoms with van der Waals surface area (Å²) in [6.07, 6.45) is 6.32. The minimum absolute atomic E-state index is 0.0997. The van der Waals surface area contributed by atoms with Crippen LogP contribution >= 0.6 is 11.3 Å². The third-order valence-corrected chi connectivity index (χ3v) is 6.41. The molecule has 29 heavy (non-hydrogen) atoms. The highest BCUT2D eigenvalue weighted by atomic mass is 32.1. The van der Waals surface area contributed by atoms with E-state index < -0.39 is 0 Å². The molecule has 0 unspecified atom stereocenters. The number of rotatable bonds is 7. The average molecular weight is 414 g/mol. The summed E-state index contributed by atoms with van der Waals surface area (Å²) >= 11 is 1.43. The van der Waals surface area contributed by atoms with Crippen LogP contribution in [0.25, 0.3) is 0 Å². The largest absolute Gasteiger partial charge is 0.377 e. The summed E-state index contributed by atoms with van der Waals surface area (Å²) < 4.78 is 0. The third-order valence-electron chi connectivity index (χ3n) is 5.54. The molecule has 0 radical (unpaired) electrons. The zero-order valence-electron chi connectivity index (χ0n) is 17.6. The van der Waals surface area contributed by atoms with E-state index in [-0.39, 0.29) is 11.8 Å². The molecule has 2 aromatic rings. The second-order valence-corrected chi connectivity index (χ2v) is 8.78. The van der Waals surface area contributed by atoms with Crippen LogP contribution in [0.4, 0.5) is 11.4 Å². The Kier molecular flexibility index (Phi) is 7.31. The van der Waals surface area contributed by atoms with Gasteiger partial charge in [0.05, 0.1) is 4.88 Å². The molecule has 2 amide bonds. The smallest absolute Gasteiger partial charge is 0.265 e. The van der Waals surface area contributed by atoms with Crippen molar-refractivity contribution in [2.45, 2.75) is 58.0 Å². The second kappa shape index (κ2) is 9.92. The van der Waals surface area contributed by atoms with Crippen LogP contribution in [0.3, 0.4) is 0 Å². The molecule has 3 rings (SSSR count). The molecule has 1 N–H and O–H groups in total. The first kappa shape index (κ1) is 21.4. The normalized spacial score (nSPS) is 14.4. The van der Waals surface area contributed by atoms with E-state index in [1.807, 2.05) is 56.7 Å². The van der Waals surface area contributed by atoms with Gasteiger partial charge in [0.2, 0.25) is 5.91 Å². The van der Waals surface area contributed by atoms with E-state index in [0.29, 0.717) is 23.9 Å². The van der Waals surface area contributed by atoms with Gasteiger partial charge in [-0.25, -0.2) is 0 Å². The Morgan fingerprint density at radius 1 is 1.14 bits per heavy atom. The Morgan fingerprint density at radius 2 is 1.90 bits per heavy atom. The Labute approximate surface area is 177 Å². The molecule has 0 bridgehead atoms. The highest BCUT2D eigenvalue weighted by molar-refractivity contribution is 7.12. The third kappa shape index (κ3) is 5.38. The number of benzene rings is 1. The van der Waals surface area contributed by atoms with Gasteiger partial charge in [-0.05, 0) is 48.1 Å². The molecule has 1 saturated carbocycles. The van der Waals surface area contributed by atoms with Gasteiger partial charge in [0.15, 0.2) is 0 Å². The van der Waals surface area contributed by atoms with Crippen molar-refractivity contribution in [1.82, 2.24) is 4.90 Å². The molecule has 5 nitrogen and oxygen atoms in total. The monoisotopic (exact) mass is 413 g/mol. The van der Waals surface area contributed by atoms with Crippen LogP contribution in [-0.2, 0) is 11.3 Å². The van der Waals surface area contributed by atoms with Gasteiger partial charge in [-0.15, -0.1) is 11.3 Å². The Morgan fingerprint density at radius 3 is 2.52 bits per heavy atom. The highest BCUT2D eigenvalue weighted by Crippen LogP contribution is 2.29. The fourth-order valence-corrected chi connectivity index (χ4v) is 4.65. The lowest BCUT2D eigenvalue weighted by Crippen LogP contribution is -2.40. The van der Waals surface area contributed by atoms with Crippen molar-refractivity contribution < 1.29 is 9.59 Å². The lowest BCUT2D eigenvalue weighted by molar-refractivity contribution is -0.134. The first-order valence-electron chi connectivity index (χ1n) is 10.4. The number of hydrogen-bond donors (Lipinski definition) is 1. The summed E-state index contributed by atoms with van der Waals surface area (Å²) in [5, 5.41) is 4.89. The van der Waals surface area contributed by atoms with E-state index in [4.69, 9.17) is 0 Å². The molecule has 1 aromatic carbocycles. The van der Waals surface area contributed by atoms with Gasteiger partial charge in [-0.1, -0.05) is 32.3 Å². The first-order chi connectivity index (χ1) is 14.0. The number of nitrogens with one attached hydrogen (secondary N) is 1. The quantitative estimate of drug-likeness (QED) is 0.684. The molecule has 1 aromatic heterocycles. The Bertz CT molecular complexity index is 827. The minimum atomic E-state index is -0.0997. The number of amides is 2. The standard InChI is InChI=1S/C23H31N3O2S/c1-4-22(27)26(19-9-6-5-7-10-19)16-17-15-18(12-13-20(17)25(2)3)24-23(28)21-11-8-14-29-21/h8,11-15,19H,4-7,9-10,16H2,1-3H3,(H,24,28). The van der Waals surface area contributed by atoms with Crippen LogP contribution in [0.5, 0.6) is 0 Å². The fourth-order valence-electron chi connectivity index (χ4n) is 4.03. The van der Waals surface area contributed by atoms with Crippen LogP contribution in [0, 0.1) is 0 Å². The summed E-state index contributed by atoms with van der Waals surface area (Å²) in [7, 11) is 4.02. The van der Waals surface area contributed by atoms with Crippen LogP contribution in [0.15, 0.2) is 35.7 Å². The molecule has 156 valence electrons. The van der Waals surface area contributed by atoms with Crippen molar-refractivity contribution in [2.24, 2.45) is 0 Å². The summed E-state index contributed by atoms with van der Waals surface area (Å²) in [4.78, 5) is 30.0. The summed E-state index contributed by atoms with van der Waals surface area (Å²) in [6, 6.07) is 9.97. The van der Waals surface area contributed by atoms with Crippen molar-refractivity contribution in [1.29, 1.82) is 0 Å². The second-order valence-electron chi connectivity index (χ2n) is 7.84. The first-order valence-corrected chi connectivity index (χ1v) is 11.3. The van der Waals surface area contributed by atoms with E-state index in [1.54, 1.807) is 0 Å². The summed E-state index contributed by atoms with van der Waals surface area (Å²) in [5.41, 5.74) is 2.90. The number of carbonyl (C=O) groups is 2.